The second-order valence-electron chi connectivity index (χ2n) is 8.21. The number of rotatable bonds is 4. The van der Waals surface area contributed by atoms with Gasteiger partial charge in [0.2, 0.25) is 5.91 Å². The number of carbonyl (C=O) groups is 1. The fourth-order valence-corrected chi connectivity index (χ4v) is 4.33. The van der Waals surface area contributed by atoms with Crippen molar-refractivity contribution in [1.29, 1.82) is 0 Å². The number of aromatic amines is 1. The van der Waals surface area contributed by atoms with Crippen LogP contribution in [0, 0.1) is 12.7 Å². The summed E-state index contributed by atoms with van der Waals surface area (Å²) in [6.45, 7) is 5.11. The standard InChI is InChI=1S/C22H27FN4O3/c1-16-24-18(12-20(28)25-16)15-26-8-6-22(7-9-26)13-21(29)27(10-11-30-22)14-17-4-2-3-5-19(17)23/h2-5,12H,6-11,13-15H2,1H3,(H,24,25,28). The van der Waals surface area contributed by atoms with Crippen LogP contribution in [0.25, 0.3) is 0 Å². The highest BCUT2D eigenvalue weighted by atomic mass is 19.1. The number of aromatic nitrogens is 2. The highest BCUT2D eigenvalue weighted by Gasteiger charge is 2.40. The lowest BCUT2D eigenvalue weighted by Crippen LogP contribution is -2.47. The second-order valence-corrected chi connectivity index (χ2v) is 8.21. The first-order valence-electron chi connectivity index (χ1n) is 10.4. The maximum absolute atomic E-state index is 14.0. The SMILES string of the molecule is Cc1nc(CN2CCC3(CC2)CC(=O)N(Cc2ccccc2F)CCO3)cc(=O)[nH]1. The van der Waals surface area contributed by atoms with E-state index in [0.717, 1.165) is 31.6 Å². The minimum absolute atomic E-state index is 0.0103. The maximum Gasteiger partial charge on any atom is 0.251 e. The van der Waals surface area contributed by atoms with Crippen molar-refractivity contribution in [3.63, 3.8) is 0 Å². The predicted molar refractivity (Wildman–Crippen MR) is 109 cm³/mol. The lowest BCUT2D eigenvalue weighted by Gasteiger charge is -2.40. The van der Waals surface area contributed by atoms with Gasteiger partial charge in [0.25, 0.3) is 5.56 Å². The van der Waals surface area contributed by atoms with Gasteiger partial charge in [0.05, 0.1) is 24.3 Å². The molecule has 160 valence electrons. The van der Waals surface area contributed by atoms with Gasteiger partial charge in [-0.3, -0.25) is 14.5 Å². The Hall–Kier alpha value is -2.58. The summed E-state index contributed by atoms with van der Waals surface area (Å²) in [6.07, 6.45) is 1.81. The van der Waals surface area contributed by atoms with E-state index in [-0.39, 0.29) is 23.8 Å². The molecule has 2 saturated heterocycles. The summed E-state index contributed by atoms with van der Waals surface area (Å²) in [5, 5.41) is 0. The van der Waals surface area contributed by atoms with Crippen LogP contribution < -0.4 is 5.56 Å². The zero-order valence-electron chi connectivity index (χ0n) is 17.2. The molecule has 1 aromatic heterocycles. The third kappa shape index (κ3) is 4.76. The Morgan fingerprint density at radius 3 is 2.67 bits per heavy atom. The molecule has 2 fully saturated rings. The number of carbonyl (C=O) groups excluding carboxylic acids is 1. The summed E-state index contributed by atoms with van der Waals surface area (Å²) in [4.78, 5) is 35.6. The van der Waals surface area contributed by atoms with Crippen LogP contribution in [0.2, 0.25) is 0 Å². The third-order valence-electron chi connectivity index (χ3n) is 5.98. The van der Waals surface area contributed by atoms with Crippen molar-refractivity contribution < 1.29 is 13.9 Å². The summed E-state index contributed by atoms with van der Waals surface area (Å²) in [5.74, 6) is 0.330. The molecule has 2 aliphatic heterocycles. The molecule has 4 rings (SSSR count). The molecule has 3 heterocycles. The Bertz CT molecular complexity index is 969. The van der Waals surface area contributed by atoms with Crippen molar-refractivity contribution in [2.45, 2.75) is 44.9 Å². The van der Waals surface area contributed by atoms with Crippen LogP contribution in [-0.2, 0) is 22.6 Å². The second kappa shape index (κ2) is 8.65. The number of aryl methyl sites for hydroxylation is 1. The molecular weight excluding hydrogens is 387 g/mol. The van der Waals surface area contributed by atoms with Crippen LogP contribution in [0.3, 0.4) is 0 Å². The van der Waals surface area contributed by atoms with Crippen molar-refractivity contribution in [3.8, 4) is 0 Å². The average Bonchev–Trinajstić information content (AvgIpc) is 2.84. The Kier molecular flexibility index (Phi) is 5.97. The quantitative estimate of drug-likeness (QED) is 0.828. The highest BCUT2D eigenvalue weighted by Crippen LogP contribution is 2.33. The largest absolute Gasteiger partial charge is 0.373 e. The molecule has 0 saturated carbocycles. The number of halogens is 1. The fourth-order valence-electron chi connectivity index (χ4n) is 4.33. The molecule has 0 bridgehead atoms. The Morgan fingerprint density at radius 1 is 1.17 bits per heavy atom. The van der Waals surface area contributed by atoms with E-state index in [0.29, 0.717) is 37.5 Å². The molecule has 7 nitrogen and oxygen atoms in total. The van der Waals surface area contributed by atoms with Crippen molar-refractivity contribution in [2.24, 2.45) is 0 Å². The number of piperidine rings is 1. The zero-order chi connectivity index (χ0) is 21.1. The monoisotopic (exact) mass is 414 g/mol. The van der Waals surface area contributed by atoms with Crippen LogP contribution in [0.15, 0.2) is 35.1 Å². The summed E-state index contributed by atoms with van der Waals surface area (Å²) >= 11 is 0. The lowest BCUT2D eigenvalue weighted by atomic mass is 9.87. The first-order valence-corrected chi connectivity index (χ1v) is 10.4. The van der Waals surface area contributed by atoms with Gasteiger partial charge >= 0.3 is 0 Å². The van der Waals surface area contributed by atoms with E-state index >= 15 is 0 Å². The van der Waals surface area contributed by atoms with Crippen molar-refractivity contribution in [2.75, 3.05) is 26.2 Å². The first kappa shape index (κ1) is 20.7. The van der Waals surface area contributed by atoms with E-state index in [1.165, 1.54) is 12.1 Å². The Morgan fingerprint density at radius 2 is 1.93 bits per heavy atom. The normalized spacial score (nSPS) is 19.8. The molecule has 2 aliphatic rings. The number of amides is 1. The molecule has 30 heavy (non-hydrogen) atoms. The molecule has 8 heteroatoms. The number of H-pyrrole nitrogens is 1. The van der Waals surface area contributed by atoms with E-state index in [1.54, 1.807) is 30.0 Å². The van der Waals surface area contributed by atoms with Crippen LogP contribution in [0.1, 0.15) is 36.3 Å². The zero-order valence-corrected chi connectivity index (χ0v) is 17.2. The highest BCUT2D eigenvalue weighted by molar-refractivity contribution is 5.77. The number of hydrogen-bond acceptors (Lipinski definition) is 5. The van der Waals surface area contributed by atoms with Gasteiger partial charge in [0.1, 0.15) is 11.6 Å². The van der Waals surface area contributed by atoms with Gasteiger partial charge in [0, 0.05) is 44.4 Å². The predicted octanol–water partition coefficient (Wildman–Crippen LogP) is 2.00. The van der Waals surface area contributed by atoms with Crippen molar-refractivity contribution in [3.05, 3.63) is 63.6 Å². The van der Waals surface area contributed by atoms with Gasteiger partial charge in [0.15, 0.2) is 0 Å². The van der Waals surface area contributed by atoms with E-state index in [2.05, 4.69) is 14.9 Å². The summed E-state index contributed by atoms with van der Waals surface area (Å²) in [7, 11) is 0. The molecular formula is C22H27FN4O3. The van der Waals surface area contributed by atoms with Gasteiger partial charge in [-0.1, -0.05) is 18.2 Å². The van der Waals surface area contributed by atoms with Gasteiger partial charge in [-0.2, -0.15) is 0 Å². The molecule has 0 radical (unpaired) electrons. The van der Waals surface area contributed by atoms with Crippen LogP contribution in [-0.4, -0.2) is 57.5 Å². The molecule has 1 N–H and O–H groups in total. The van der Waals surface area contributed by atoms with E-state index in [9.17, 15) is 14.0 Å². The molecule has 0 aliphatic carbocycles. The summed E-state index contributed by atoms with van der Waals surface area (Å²) < 4.78 is 20.2. The summed E-state index contributed by atoms with van der Waals surface area (Å²) in [6, 6.07) is 8.10. The molecule has 1 aromatic carbocycles. The van der Waals surface area contributed by atoms with Crippen LogP contribution in [0.4, 0.5) is 4.39 Å². The molecule has 0 atom stereocenters. The van der Waals surface area contributed by atoms with Gasteiger partial charge in [-0.15, -0.1) is 0 Å². The number of likely N-dealkylation sites (tertiary alicyclic amines) is 1. The third-order valence-corrected chi connectivity index (χ3v) is 5.98. The summed E-state index contributed by atoms with van der Waals surface area (Å²) in [5.41, 5.74) is 0.673. The topological polar surface area (TPSA) is 78.5 Å². The first-order chi connectivity index (χ1) is 14.4. The van der Waals surface area contributed by atoms with E-state index in [1.807, 2.05) is 0 Å². The molecule has 2 aromatic rings. The Balaban J connectivity index is 1.36. The Labute approximate surface area is 174 Å². The lowest BCUT2D eigenvalue weighted by molar-refractivity contribution is -0.136. The minimum Gasteiger partial charge on any atom is -0.373 e. The van der Waals surface area contributed by atoms with Crippen LogP contribution >= 0.6 is 0 Å². The number of ether oxygens (including phenoxy) is 1. The van der Waals surface area contributed by atoms with Crippen LogP contribution in [0.5, 0.6) is 0 Å². The average molecular weight is 414 g/mol. The van der Waals surface area contributed by atoms with E-state index < -0.39 is 5.60 Å². The van der Waals surface area contributed by atoms with Crippen molar-refractivity contribution in [1.82, 2.24) is 19.8 Å². The van der Waals surface area contributed by atoms with E-state index in [4.69, 9.17) is 4.74 Å². The molecule has 0 unspecified atom stereocenters. The van der Waals surface area contributed by atoms with Gasteiger partial charge in [-0.05, 0) is 25.8 Å². The molecule has 1 amide bonds. The number of hydrogen-bond donors (Lipinski definition) is 1. The van der Waals surface area contributed by atoms with Crippen molar-refractivity contribution >= 4 is 5.91 Å². The smallest absolute Gasteiger partial charge is 0.251 e. The number of nitrogens with one attached hydrogen (secondary N) is 1. The van der Waals surface area contributed by atoms with Gasteiger partial charge in [-0.25, -0.2) is 9.37 Å². The maximum atomic E-state index is 14.0. The number of nitrogens with zero attached hydrogens (tertiary/aromatic N) is 3. The fraction of sp³-hybridized carbons (Fsp3) is 0.500. The molecule has 1 spiro atoms. The van der Waals surface area contributed by atoms with Gasteiger partial charge < -0.3 is 14.6 Å². The number of benzene rings is 1. The minimum atomic E-state index is -0.463.